The summed E-state index contributed by atoms with van der Waals surface area (Å²) in [4.78, 5) is 24.7. The molecule has 1 N–H and O–H groups in total. The van der Waals surface area contributed by atoms with Crippen molar-refractivity contribution in [3.63, 3.8) is 0 Å². The Morgan fingerprint density at radius 3 is 2.41 bits per heavy atom. The molecule has 3 atom stereocenters. The summed E-state index contributed by atoms with van der Waals surface area (Å²) >= 11 is 0. The SMILES string of the molecule is C[C@@H]1CN(C(=O)[C@H]2CC2(C)C)CC(C(=O)O)O1. The summed E-state index contributed by atoms with van der Waals surface area (Å²) in [6, 6.07) is 0. The van der Waals surface area contributed by atoms with Gasteiger partial charge >= 0.3 is 5.97 Å². The lowest BCUT2D eigenvalue weighted by atomic mass is 10.1. The van der Waals surface area contributed by atoms with Crippen LogP contribution in [0, 0.1) is 11.3 Å². The van der Waals surface area contributed by atoms with E-state index in [-0.39, 0.29) is 29.9 Å². The van der Waals surface area contributed by atoms with Crippen LogP contribution in [0.5, 0.6) is 0 Å². The predicted octanol–water partition coefficient (Wildman–Crippen LogP) is 0.733. The lowest BCUT2D eigenvalue weighted by Crippen LogP contribution is -2.52. The van der Waals surface area contributed by atoms with Gasteiger partial charge in [-0.25, -0.2) is 4.79 Å². The van der Waals surface area contributed by atoms with E-state index in [0.29, 0.717) is 6.54 Å². The van der Waals surface area contributed by atoms with Crippen molar-refractivity contribution < 1.29 is 19.4 Å². The molecule has 0 aromatic carbocycles. The standard InChI is InChI=1S/C12H19NO4/c1-7-5-13(6-9(17-7)11(15)16)10(14)8-4-12(8,2)3/h7-9H,4-6H2,1-3H3,(H,15,16)/t7-,8-,9?/m1/s1. The fraction of sp³-hybridized carbons (Fsp3) is 0.833. The lowest BCUT2D eigenvalue weighted by Gasteiger charge is -2.35. The van der Waals surface area contributed by atoms with Crippen LogP contribution in [-0.2, 0) is 14.3 Å². The number of morpholine rings is 1. The first-order chi connectivity index (χ1) is 7.81. The van der Waals surface area contributed by atoms with Crippen molar-refractivity contribution >= 4 is 11.9 Å². The Bertz CT molecular complexity index is 352. The number of aliphatic carboxylic acids is 1. The number of nitrogens with zero attached hydrogens (tertiary/aromatic N) is 1. The van der Waals surface area contributed by atoms with Gasteiger partial charge in [-0.15, -0.1) is 0 Å². The summed E-state index contributed by atoms with van der Waals surface area (Å²) in [5.41, 5.74) is 0.0807. The molecule has 2 rings (SSSR count). The minimum atomic E-state index is -0.996. The monoisotopic (exact) mass is 241 g/mol. The molecule has 17 heavy (non-hydrogen) atoms. The van der Waals surface area contributed by atoms with Crippen LogP contribution < -0.4 is 0 Å². The normalized spacial score (nSPS) is 35.5. The second-order valence-electron chi connectivity index (χ2n) is 5.76. The van der Waals surface area contributed by atoms with E-state index in [0.717, 1.165) is 6.42 Å². The van der Waals surface area contributed by atoms with Gasteiger partial charge in [0.15, 0.2) is 6.10 Å². The van der Waals surface area contributed by atoms with Gasteiger partial charge in [0.25, 0.3) is 0 Å². The average molecular weight is 241 g/mol. The second-order valence-corrected chi connectivity index (χ2v) is 5.76. The van der Waals surface area contributed by atoms with Gasteiger partial charge < -0.3 is 14.7 Å². The van der Waals surface area contributed by atoms with Crippen LogP contribution in [0.15, 0.2) is 0 Å². The third-order valence-corrected chi connectivity index (χ3v) is 3.66. The number of carbonyl (C=O) groups is 2. The summed E-state index contributed by atoms with van der Waals surface area (Å²) in [5, 5.41) is 8.95. The van der Waals surface area contributed by atoms with Crippen LogP contribution in [-0.4, -0.2) is 47.2 Å². The number of carbonyl (C=O) groups excluding carboxylic acids is 1. The van der Waals surface area contributed by atoms with E-state index >= 15 is 0 Å². The maximum atomic E-state index is 12.2. The summed E-state index contributed by atoms with van der Waals surface area (Å²) in [7, 11) is 0. The maximum absolute atomic E-state index is 12.2. The van der Waals surface area contributed by atoms with Gasteiger partial charge in [-0.3, -0.25) is 4.79 Å². The Morgan fingerprint density at radius 1 is 1.35 bits per heavy atom. The molecule has 5 heteroatoms. The first kappa shape index (κ1) is 12.4. The molecule has 2 fully saturated rings. The van der Waals surface area contributed by atoms with Gasteiger partial charge in [0, 0.05) is 12.5 Å². The Kier molecular flexibility index (Phi) is 2.89. The van der Waals surface area contributed by atoms with Crippen molar-refractivity contribution in [2.45, 2.75) is 39.4 Å². The number of amides is 1. The lowest BCUT2D eigenvalue weighted by molar-refractivity contribution is -0.167. The first-order valence-electron chi connectivity index (χ1n) is 5.98. The van der Waals surface area contributed by atoms with Crippen molar-refractivity contribution in [2.24, 2.45) is 11.3 Å². The predicted molar refractivity (Wildman–Crippen MR) is 60.4 cm³/mol. The van der Waals surface area contributed by atoms with Gasteiger partial charge in [0.2, 0.25) is 5.91 Å². The fourth-order valence-corrected chi connectivity index (χ4v) is 2.38. The minimum Gasteiger partial charge on any atom is -0.479 e. The fourth-order valence-electron chi connectivity index (χ4n) is 2.38. The largest absolute Gasteiger partial charge is 0.479 e. The zero-order chi connectivity index (χ0) is 12.8. The Hall–Kier alpha value is -1.10. The average Bonchev–Trinajstić information content (AvgIpc) is 2.85. The molecule has 0 aromatic heterocycles. The van der Waals surface area contributed by atoms with Gasteiger partial charge in [-0.2, -0.15) is 0 Å². The van der Waals surface area contributed by atoms with Crippen molar-refractivity contribution in [3.8, 4) is 0 Å². The number of hydrogen-bond donors (Lipinski definition) is 1. The number of ether oxygens (including phenoxy) is 1. The topological polar surface area (TPSA) is 66.8 Å². The van der Waals surface area contributed by atoms with Crippen LogP contribution in [0.1, 0.15) is 27.2 Å². The van der Waals surface area contributed by atoms with E-state index in [2.05, 4.69) is 13.8 Å². The molecular weight excluding hydrogens is 222 g/mol. The van der Waals surface area contributed by atoms with Crippen molar-refractivity contribution in [1.82, 2.24) is 4.90 Å². The highest BCUT2D eigenvalue weighted by molar-refractivity contribution is 5.83. The Labute approximate surface area is 101 Å². The van der Waals surface area contributed by atoms with Crippen LogP contribution in [0.3, 0.4) is 0 Å². The molecule has 1 saturated heterocycles. The van der Waals surface area contributed by atoms with Crippen LogP contribution in [0.25, 0.3) is 0 Å². The van der Waals surface area contributed by atoms with E-state index in [4.69, 9.17) is 9.84 Å². The van der Waals surface area contributed by atoms with Crippen LogP contribution >= 0.6 is 0 Å². The molecule has 0 aromatic rings. The quantitative estimate of drug-likeness (QED) is 0.774. The molecule has 1 heterocycles. The molecular formula is C12H19NO4. The number of hydrogen-bond acceptors (Lipinski definition) is 3. The summed E-state index contributed by atoms with van der Waals surface area (Å²) in [5.74, 6) is -0.858. The van der Waals surface area contributed by atoms with Crippen molar-refractivity contribution in [3.05, 3.63) is 0 Å². The third kappa shape index (κ3) is 2.44. The highest BCUT2D eigenvalue weighted by Gasteiger charge is 2.52. The number of carboxylic acids is 1. The highest BCUT2D eigenvalue weighted by Crippen LogP contribution is 2.52. The molecule has 96 valence electrons. The van der Waals surface area contributed by atoms with Gasteiger partial charge in [-0.05, 0) is 18.8 Å². The zero-order valence-corrected chi connectivity index (χ0v) is 10.5. The van der Waals surface area contributed by atoms with Gasteiger partial charge in [0.05, 0.1) is 12.6 Å². The van der Waals surface area contributed by atoms with Gasteiger partial charge in [-0.1, -0.05) is 13.8 Å². The van der Waals surface area contributed by atoms with Crippen LogP contribution in [0.2, 0.25) is 0 Å². The molecule has 1 aliphatic carbocycles. The van der Waals surface area contributed by atoms with E-state index in [1.807, 2.05) is 0 Å². The molecule has 1 aliphatic heterocycles. The minimum absolute atomic E-state index is 0.0576. The summed E-state index contributed by atoms with van der Waals surface area (Å²) in [6.45, 7) is 6.59. The van der Waals surface area contributed by atoms with E-state index in [1.165, 1.54) is 0 Å². The maximum Gasteiger partial charge on any atom is 0.334 e. The third-order valence-electron chi connectivity index (χ3n) is 3.66. The molecule has 1 unspecified atom stereocenters. The molecule has 0 radical (unpaired) electrons. The zero-order valence-electron chi connectivity index (χ0n) is 10.5. The molecule has 1 amide bonds. The highest BCUT2D eigenvalue weighted by atomic mass is 16.5. The Balaban J connectivity index is 2.01. The van der Waals surface area contributed by atoms with Crippen LogP contribution in [0.4, 0.5) is 0 Å². The van der Waals surface area contributed by atoms with Crippen molar-refractivity contribution in [1.29, 1.82) is 0 Å². The summed E-state index contributed by atoms with van der Waals surface area (Å²) in [6.07, 6.45) is -0.199. The van der Waals surface area contributed by atoms with E-state index in [9.17, 15) is 9.59 Å². The first-order valence-corrected chi connectivity index (χ1v) is 5.98. The molecule has 0 spiro atoms. The smallest absolute Gasteiger partial charge is 0.334 e. The molecule has 1 saturated carbocycles. The second kappa shape index (κ2) is 3.98. The molecule has 2 aliphatic rings. The molecule has 5 nitrogen and oxygen atoms in total. The summed E-state index contributed by atoms with van der Waals surface area (Å²) < 4.78 is 5.29. The van der Waals surface area contributed by atoms with Gasteiger partial charge in [0.1, 0.15) is 0 Å². The molecule has 0 bridgehead atoms. The Morgan fingerprint density at radius 2 is 1.94 bits per heavy atom. The number of rotatable bonds is 2. The van der Waals surface area contributed by atoms with E-state index in [1.54, 1.807) is 11.8 Å². The van der Waals surface area contributed by atoms with Crippen molar-refractivity contribution in [2.75, 3.05) is 13.1 Å². The number of carboxylic acid groups (broad SMARTS) is 1. The van der Waals surface area contributed by atoms with E-state index < -0.39 is 12.1 Å².